The number of benzene rings is 2. The van der Waals surface area contributed by atoms with Gasteiger partial charge in [0.1, 0.15) is 5.75 Å². The number of phenolic OH excluding ortho intramolecular Hbond substituents is 1. The molecule has 7 heteroatoms. The van der Waals surface area contributed by atoms with E-state index in [0.717, 1.165) is 10.8 Å². The molecule has 0 saturated carbocycles. The number of aromatic hydroxyl groups is 1. The van der Waals surface area contributed by atoms with Crippen LogP contribution in [-0.2, 0) is 0 Å². The molecule has 0 saturated heterocycles. The molecule has 0 radical (unpaired) electrons. The number of aromatic amines is 1. The molecule has 1 aromatic heterocycles. The minimum Gasteiger partial charge on any atom is -0.507 e. The van der Waals surface area contributed by atoms with Crippen LogP contribution in [0.5, 0.6) is 5.75 Å². The van der Waals surface area contributed by atoms with Crippen molar-refractivity contribution in [1.29, 1.82) is 0 Å². The van der Waals surface area contributed by atoms with Gasteiger partial charge in [0.2, 0.25) is 0 Å². The number of nitrogens with zero attached hydrogens (tertiary/aromatic N) is 3. The lowest BCUT2D eigenvalue weighted by atomic mass is 10.0. The maximum absolute atomic E-state index is 11.0. The van der Waals surface area contributed by atoms with Crippen molar-refractivity contribution in [3.63, 3.8) is 0 Å². The average Bonchev–Trinajstić information content (AvgIpc) is 2.50. The second-order valence-electron chi connectivity index (χ2n) is 4.26. The number of hydrogen-bond acceptors (Lipinski definition) is 6. The number of nitrogens with one attached hydrogen (secondary N) is 2. The zero-order valence-electron chi connectivity index (χ0n) is 10.8. The molecule has 0 unspecified atom stereocenters. The first-order valence-electron chi connectivity index (χ1n) is 6.15. The molecular formula is C14H11N5O2. The Balaban J connectivity index is 1.92. The van der Waals surface area contributed by atoms with Crippen LogP contribution >= 0.6 is 0 Å². The smallest absolute Gasteiger partial charge is 0.363 e. The quantitative estimate of drug-likeness (QED) is 0.498. The molecule has 1 heterocycles. The Morgan fingerprint density at radius 3 is 2.95 bits per heavy atom. The fraction of sp³-hybridized carbons (Fsp3) is 0. The van der Waals surface area contributed by atoms with Gasteiger partial charge in [-0.3, -0.25) is 5.43 Å². The van der Waals surface area contributed by atoms with Gasteiger partial charge in [-0.05, 0) is 16.8 Å². The fourth-order valence-corrected chi connectivity index (χ4v) is 1.95. The standard InChI is InChI=1S/C14H11N5O2/c20-12-6-5-9-3-1-2-4-10(9)11(12)7-15-18-13-8-16-19-14(21)17-13/h1-8,20H,(H2,17,18,19,21)/b15-7+. The minimum absolute atomic E-state index is 0.122. The topological polar surface area (TPSA) is 103 Å². The molecule has 7 nitrogen and oxygen atoms in total. The summed E-state index contributed by atoms with van der Waals surface area (Å²) in [5.74, 6) is 0.339. The normalized spacial score (nSPS) is 11.0. The molecule has 2 aromatic carbocycles. The average molecular weight is 281 g/mol. The van der Waals surface area contributed by atoms with Gasteiger partial charge < -0.3 is 5.11 Å². The van der Waals surface area contributed by atoms with Crippen LogP contribution in [0.25, 0.3) is 10.8 Å². The first-order valence-corrected chi connectivity index (χ1v) is 6.15. The summed E-state index contributed by atoms with van der Waals surface area (Å²) >= 11 is 0. The lowest BCUT2D eigenvalue weighted by molar-refractivity contribution is 0.475. The first-order chi connectivity index (χ1) is 10.2. The summed E-state index contributed by atoms with van der Waals surface area (Å²) in [7, 11) is 0. The molecule has 0 aliphatic carbocycles. The van der Waals surface area contributed by atoms with Crippen LogP contribution in [0.3, 0.4) is 0 Å². The molecule has 3 aromatic rings. The van der Waals surface area contributed by atoms with Crippen molar-refractivity contribution in [3.05, 3.63) is 58.6 Å². The van der Waals surface area contributed by atoms with Crippen LogP contribution in [-0.4, -0.2) is 26.5 Å². The van der Waals surface area contributed by atoms with E-state index >= 15 is 0 Å². The van der Waals surface area contributed by atoms with Crippen molar-refractivity contribution < 1.29 is 5.11 Å². The Morgan fingerprint density at radius 2 is 2.10 bits per heavy atom. The van der Waals surface area contributed by atoms with Gasteiger partial charge in [-0.2, -0.15) is 15.2 Å². The molecule has 104 valence electrons. The summed E-state index contributed by atoms with van der Waals surface area (Å²) in [6.07, 6.45) is 2.81. The van der Waals surface area contributed by atoms with E-state index < -0.39 is 5.69 Å². The third-order valence-corrected chi connectivity index (χ3v) is 2.89. The Morgan fingerprint density at radius 1 is 1.24 bits per heavy atom. The number of rotatable bonds is 3. The van der Waals surface area contributed by atoms with Gasteiger partial charge in [-0.25, -0.2) is 9.89 Å². The third kappa shape index (κ3) is 2.71. The van der Waals surface area contributed by atoms with Gasteiger partial charge >= 0.3 is 5.69 Å². The van der Waals surface area contributed by atoms with Crippen LogP contribution < -0.4 is 11.1 Å². The van der Waals surface area contributed by atoms with Crippen molar-refractivity contribution in [2.75, 3.05) is 5.43 Å². The highest BCUT2D eigenvalue weighted by atomic mass is 16.3. The number of phenols is 1. The zero-order valence-corrected chi connectivity index (χ0v) is 10.8. The number of anilines is 1. The monoisotopic (exact) mass is 281 g/mol. The zero-order chi connectivity index (χ0) is 14.7. The van der Waals surface area contributed by atoms with Crippen molar-refractivity contribution in [1.82, 2.24) is 15.2 Å². The SMILES string of the molecule is O=c1nc(N/N=C/c2c(O)ccc3ccccc23)cn[nH]1. The van der Waals surface area contributed by atoms with Crippen LogP contribution in [0.15, 0.2) is 52.5 Å². The van der Waals surface area contributed by atoms with Crippen molar-refractivity contribution in [2.45, 2.75) is 0 Å². The van der Waals surface area contributed by atoms with E-state index in [2.05, 4.69) is 25.7 Å². The molecule has 0 fully saturated rings. The predicted octanol–water partition coefficient (Wildman–Crippen LogP) is 1.47. The second-order valence-corrected chi connectivity index (χ2v) is 4.26. The van der Waals surface area contributed by atoms with Gasteiger partial charge in [-0.15, -0.1) is 0 Å². The maximum atomic E-state index is 11.0. The van der Waals surface area contributed by atoms with Gasteiger partial charge in [0.25, 0.3) is 0 Å². The Kier molecular flexibility index (Phi) is 3.30. The molecule has 3 rings (SSSR count). The summed E-state index contributed by atoms with van der Waals surface area (Å²) in [6, 6.07) is 11.1. The number of hydrogen-bond donors (Lipinski definition) is 3. The highest BCUT2D eigenvalue weighted by Gasteiger charge is 2.04. The van der Waals surface area contributed by atoms with Crippen molar-refractivity contribution >= 4 is 22.8 Å². The van der Waals surface area contributed by atoms with Crippen LogP contribution in [0.4, 0.5) is 5.82 Å². The Hall–Kier alpha value is -3.22. The molecule has 3 N–H and O–H groups in total. The molecular weight excluding hydrogens is 270 g/mol. The number of hydrazone groups is 1. The number of H-pyrrole nitrogens is 1. The minimum atomic E-state index is -0.566. The summed E-state index contributed by atoms with van der Waals surface area (Å²) in [5, 5.41) is 21.5. The van der Waals surface area contributed by atoms with Crippen LogP contribution in [0, 0.1) is 0 Å². The van der Waals surface area contributed by atoms with Gasteiger partial charge in [-0.1, -0.05) is 30.3 Å². The first kappa shape index (κ1) is 12.8. The number of aromatic nitrogens is 3. The molecule has 0 bridgehead atoms. The van der Waals surface area contributed by atoms with Gasteiger partial charge in [0, 0.05) is 5.56 Å². The van der Waals surface area contributed by atoms with E-state index in [4.69, 9.17) is 0 Å². The highest BCUT2D eigenvalue weighted by molar-refractivity contribution is 6.02. The lowest BCUT2D eigenvalue weighted by Gasteiger charge is -2.04. The van der Waals surface area contributed by atoms with Crippen molar-refractivity contribution in [2.24, 2.45) is 5.10 Å². The predicted molar refractivity (Wildman–Crippen MR) is 79.5 cm³/mol. The van der Waals surface area contributed by atoms with E-state index in [1.165, 1.54) is 12.4 Å². The fourth-order valence-electron chi connectivity index (χ4n) is 1.95. The molecule has 0 aliphatic heterocycles. The van der Waals surface area contributed by atoms with Gasteiger partial charge in [0.05, 0.1) is 12.4 Å². The third-order valence-electron chi connectivity index (χ3n) is 2.89. The maximum Gasteiger partial charge on any atom is 0.363 e. The highest BCUT2D eigenvalue weighted by Crippen LogP contribution is 2.25. The number of fused-ring (bicyclic) bond motifs is 1. The van der Waals surface area contributed by atoms with E-state index in [-0.39, 0.29) is 11.6 Å². The second kappa shape index (κ2) is 5.41. The molecule has 0 aliphatic rings. The summed E-state index contributed by atoms with van der Waals surface area (Å²) in [4.78, 5) is 14.6. The molecule has 0 amide bonds. The molecule has 21 heavy (non-hydrogen) atoms. The van der Waals surface area contributed by atoms with E-state index in [9.17, 15) is 9.90 Å². The van der Waals surface area contributed by atoms with E-state index in [0.29, 0.717) is 5.56 Å². The summed E-state index contributed by atoms with van der Waals surface area (Å²) in [5.41, 5.74) is 2.61. The molecule has 0 atom stereocenters. The van der Waals surface area contributed by atoms with Crippen LogP contribution in [0.2, 0.25) is 0 Å². The Labute approximate surface area is 119 Å². The lowest BCUT2D eigenvalue weighted by Crippen LogP contribution is -2.13. The summed E-state index contributed by atoms with van der Waals surface area (Å²) in [6.45, 7) is 0. The van der Waals surface area contributed by atoms with Crippen LogP contribution in [0.1, 0.15) is 5.56 Å². The van der Waals surface area contributed by atoms with Gasteiger partial charge in [0.15, 0.2) is 5.82 Å². The van der Waals surface area contributed by atoms with E-state index in [1.54, 1.807) is 6.07 Å². The van der Waals surface area contributed by atoms with Crippen molar-refractivity contribution in [3.8, 4) is 5.75 Å². The summed E-state index contributed by atoms with van der Waals surface area (Å²) < 4.78 is 0. The molecule has 0 spiro atoms. The Bertz CT molecular complexity index is 872. The largest absolute Gasteiger partial charge is 0.507 e. The van der Waals surface area contributed by atoms with E-state index in [1.807, 2.05) is 30.3 Å².